The Hall–Kier alpha value is -3.36. The monoisotopic (exact) mass is 399 g/mol. The number of hydrogen-bond acceptors (Lipinski definition) is 7. The molecule has 0 atom stereocenters. The molecule has 2 aromatic rings. The van der Waals surface area contributed by atoms with Gasteiger partial charge in [-0.3, -0.25) is 9.59 Å². The summed E-state index contributed by atoms with van der Waals surface area (Å²) >= 11 is 0. The van der Waals surface area contributed by atoms with Gasteiger partial charge in [0.2, 0.25) is 12.4 Å². The zero-order chi connectivity index (χ0) is 20.6. The van der Waals surface area contributed by atoms with Crippen LogP contribution in [-0.4, -0.2) is 79.0 Å². The number of nitrogens with zero attached hydrogens (tertiary/aromatic N) is 4. The van der Waals surface area contributed by atoms with Gasteiger partial charge in [0.1, 0.15) is 0 Å². The molecule has 154 valence electrons. The lowest BCUT2D eigenvalue weighted by Crippen LogP contribution is -2.48. The third-order valence-electron chi connectivity index (χ3n) is 4.79. The summed E-state index contributed by atoms with van der Waals surface area (Å²) in [5, 5.41) is 3.15. The number of anilines is 1. The normalized spacial score (nSPS) is 13.7. The number of carbonyl (C=O) groups excluding carboxylic acids is 2. The summed E-state index contributed by atoms with van der Waals surface area (Å²) in [4.78, 5) is 35.1. The molecule has 1 fully saturated rings. The third-order valence-corrected chi connectivity index (χ3v) is 4.79. The van der Waals surface area contributed by atoms with Crippen LogP contribution in [0.2, 0.25) is 0 Å². The molecule has 0 aliphatic carbocycles. The van der Waals surface area contributed by atoms with Crippen LogP contribution in [0.25, 0.3) is 0 Å². The molecule has 0 radical (unpaired) electrons. The molecule has 1 aliphatic rings. The van der Waals surface area contributed by atoms with Crippen molar-refractivity contribution < 1.29 is 19.1 Å². The van der Waals surface area contributed by atoms with E-state index in [-0.39, 0.29) is 5.91 Å². The van der Waals surface area contributed by atoms with E-state index in [2.05, 4.69) is 15.3 Å². The van der Waals surface area contributed by atoms with Crippen molar-refractivity contribution in [2.24, 2.45) is 0 Å². The number of nitrogens with one attached hydrogen (secondary N) is 1. The smallest absolute Gasteiger partial charge is 0.257 e. The number of aromatic nitrogens is 2. The average molecular weight is 399 g/mol. The molecule has 1 aromatic heterocycles. The van der Waals surface area contributed by atoms with Crippen molar-refractivity contribution >= 4 is 18.3 Å². The summed E-state index contributed by atoms with van der Waals surface area (Å²) in [6, 6.07) is 5.80. The molecule has 29 heavy (non-hydrogen) atoms. The molecular weight excluding hydrogens is 374 g/mol. The zero-order valence-electron chi connectivity index (χ0n) is 16.6. The molecule has 1 aliphatic heterocycles. The molecule has 1 saturated heterocycles. The standard InChI is InChI=1S/C20H25N5O4/c1-28-17-4-3-15(11-18(17)29-2)5-6-21-20-22-12-16(13-23-20)19(27)25-9-7-24(14-26)8-10-25/h3-4,11-14H,5-10H2,1-2H3,(H,21,22,23). The van der Waals surface area contributed by atoms with Crippen LogP contribution >= 0.6 is 0 Å². The number of amides is 2. The minimum absolute atomic E-state index is 0.118. The molecule has 2 amide bonds. The fraction of sp³-hybridized carbons (Fsp3) is 0.400. The van der Waals surface area contributed by atoms with E-state index >= 15 is 0 Å². The van der Waals surface area contributed by atoms with Crippen LogP contribution in [0.5, 0.6) is 11.5 Å². The van der Waals surface area contributed by atoms with Crippen molar-refractivity contribution in [1.29, 1.82) is 0 Å². The number of methoxy groups -OCH3 is 2. The Balaban J connectivity index is 1.50. The average Bonchev–Trinajstić information content (AvgIpc) is 2.79. The van der Waals surface area contributed by atoms with Gasteiger partial charge in [-0.15, -0.1) is 0 Å². The molecule has 2 heterocycles. The van der Waals surface area contributed by atoms with E-state index in [4.69, 9.17) is 9.47 Å². The molecule has 0 bridgehead atoms. The Morgan fingerprint density at radius 1 is 1.10 bits per heavy atom. The fourth-order valence-corrected chi connectivity index (χ4v) is 3.10. The molecule has 9 nitrogen and oxygen atoms in total. The summed E-state index contributed by atoms with van der Waals surface area (Å²) in [6.45, 7) is 2.76. The number of hydrogen-bond donors (Lipinski definition) is 1. The van der Waals surface area contributed by atoms with Gasteiger partial charge in [-0.05, 0) is 24.1 Å². The van der Waals surface area contributed by atoms with Crippen LogP contribution in [0.1, 0.15) is 15.9 Å². The van der Waals surface area contributed by atoms with Crippen molar-refractivity contribution in [3.63, 3.8) is 0 Å². The highest BCUT2D eigenvalue weighted by Gasteiger charge is 2.21. The van der Waals surface area contributed by atoms with Gasteiger partial charge < -0.3 is 24.6 Å². The van der Waals surface area contributed by atoms with E-state index in [9.17, 15) is 9.59 Å². The summed E-state index contributed by atoms with van der Waals surface area (Å²) in [7, 11) is 3.22. The Bertz CT molecular complexity index is 835. The van der Waals surface area contributed by atoms with Crippen LogP contribution in [0.3, 0.4) is 0 Å². The van der Waals surface area contributed by atoms with Crippen molar-refractivity contribution in [3.05, 3.63) is 41.7 Å². The van der Waals surface area contributed by atoms with Crippen LogP contribution in [0.4, 0.5) is 5.95 Å². The van der Waals surface area contributed by atoms with Gasteiger partial charge in [-0.25, -0.2) is 9.97 Å². The second kappa shape index (κ2) is 9.72. The molecule has 0 spiro atoms. The molecule has 1 aromatic carbocycles. The summed E-state index contributed by atoms with van der Waals surface area (Å²) in [6.07, 6.45) is 4.62. The SMILES string of the molecule is COc1ccc(CCNc2ncc(C(=O)N3CCN(C=O)CC3)cn2)cc1OC. The predicted octanol–water partition coefficient (Wildman–Crippen LogP) is 1.06. The van der Waals surface area contributed by atoms with Gasteiger partial charge in [0.05, 0.1) is 19.8 Å². The van der Waals surface area contributed by atoms with Crippen LogP contribution < -0.4 is 14.8 Å². The number of carbonyl (C=O) groups is 2. The van der Waals surface area contributed by atoms with Gasteiger partial charge >= 0.3 is 0 Å². The lowest BCUT2D eigenvalue weighted by molar-refractivity contribution is -0.119. The second-order valence-corrected chi connectivity index (χ2v) is 6.60. The maximum atomic E-state index is 12.5. The Labute approximate surface area is 169 Å². The van der Waals surface area contributed by atoms with Gasteiger partial charge in [0.25, 0.3) is 5.91 Å². The highest BCUT2D eigenvalue weighted by molar-refractivity contribution is 5.93. The summed E-state index contributed by atoms with van der Waals surface area (Å²) < 4.78 is 10.6. The number of benzene rings is 1. The first-order valence-electron chi connectivity index (χ1n) is 9.40. The first-order chi connectivity index (χ1) is 14.1. The topological polar surface area (TPSA) is 96.9 Å². The summed E-state index contributed by atoms with van der Waals surface area (Å²) in [5.74, 6) is 1.73. The Morgan fingerprint density at radius 2 is 1.79 bits per heavy atom. The van der Waals surface area contributed by atoms with Gasteiger partial charge in [-0.1, -0.05) is 6.07 Å². The Morgan fingerprint density at radius 3 is 2.41 bits per heavy atom. The molecule has 0 saturated carbocycles. The van der Waals surface area contributed by atoms with Crippen molar-refractivity contribution in [2.45, 2.75) is 6.42 Å². The van der Waals surface area contributed by atoms with Crippen LogP contribution in [0, 0.1) is 0 Å². The second-order valence-electron chi connectivity index (χ2n) is 6.60. The molecule has 1 N–H and O–H groups in total. The van der Waals surface area contributed by atoms with E-state index in [1.54, 1.807) is 24.0 Å². The van der Waals surface area contributed by atoms with E-state index in [1.807, 2.05) is 18.2 Å². The third kappa shape index (κ3) is 5.13. The van der Waals surface area contributed by atoms with E-state index in [1.165, 1.54) is 12.4 Å². The minimum atomic E-state index is -0.118. The molecular formula is C20H25N5O4. The zero-order valence-corrected chi connectivity index (χ0v) is 16.6. The van der Waals surface area contributed by atoms with Gasteiger partial charge in [0.15, 0.2) is 11.5 Å². The van der Waals surface area contributed by atoms with Crippen molar-refractivity contribution in [1.82, 2.24) is 19.8 Å². The summed E-state index contributed by atoms with van der Waals surface area (Å²) in [5.41, 5.74) is 1.53. The Kier molecular flexibility index (Phi) is 6.83. The fourth-order valence-electron chi connectivity index (χ4n) is 3.10. The lowest BCUT2D eigenvalue weighted by Gasteiger charge is -2.32. The van der Waals surface area contributed by atoms with Crippen molar-refractivity contribution in [3.8, 4) is 11.5 Å². The van der Waals surface area contributed by atoms with Crippen LogP contribution in [0.15, 0.2) is 30.6 Å². The minimum Gasteiger partial charge on any atom is -0.493 e. The van der Waals surface area contributed by atoms with Gasteiger partial charge in [-0.2, -0.15) is 0 Å². The first kappa shape index (κ1) is 20.4. The highest BCUT2D eigenvalue weighted by atomic mass is 16.5. The predicted molar refractivity (Wildman–Crippen MR) is 107 cm³/mol. The molecule has 0 unspecified atom stereocenters. The quantitative estimate of drug-likeness (QED) is 0.663. The maximum absolute atomic E-state index is 12.5. The maximum Gasteiger partial charge on any atom is 0.257 e. The van der Waals surface area contributed by atoms with Gasteiger partial charge in [0, 0.05) is 45.1 Å². The van der Waals surface area contributed by atoms with Crippen LogP contribution in [-0.2, 0) is 11.2 Å². The molecule has 9 heteroatoms. The number of rotatable bonds is 8. The van der Waals surface area contributed by atoms with E-state index < -0.39 is 0 Å². The lowest BCUT2D eigenvalue weighted by atomic mass is 10.1. The van der Waals surface area contributed by atoms with Crippen molar-refractivity contribution in [2.75, 3.05) is 52.3 Å². The van der Waals surface area contributed by atoms with E-state index in [0.717, 1.165) is 18.4 Å². The van der Waals surface area contributed by atoms with E-state index in [0.29, 0.717) is 55.7 Å². The highest BCUT2D eigenvalue weighted by Crippen LogP contribution is 2.27. The molecule has 3 rings (SSSR count). The number of piperazine rings is 1. The largest absolute Gasteiger partial charge is 0.493 e. The first-order valence-corrected chi connectivity index (χ1v) is 9.40. The number of ether oxygens (including phenoxy) is 2.